The summed E-state index contributed by atoms with van der Waals surface area (Å²) < 4.78 is 6.84. The Kier molecular flexibility index (Phi) is 4.00. The highest BCUT2D eigenvalue weighted by molar-refractivity contribution is 5.74. The Bertz CT molecular complexity index is 681. The number of aryl methyl sites for hydroxylation is 2. The molecule has 0 radical (unpaired) electrons. The first-order valence-electron chi connectivity index (χ1n) is 7.36. The molecule has 6 heteroatoms. The number of hydrogen-bond acceptors (Lipinski definition) is 3. The molecule has 1 aliphatic carbocycles. The van der Waals surface area contributed by atoms with Crippen LogP contribution in [0.1, 0.15) is 29.2 Å². The van der Waals surface area contributed by atoms with Gasteiger partial charge in [0.2, 0.25) is 5.88 Å². The summed E-state index contributed by atoms with van der Waals surface area (Å²) in [5.74, 6) is 0.536. The van der Waals surface area contributed by atoms with Gasteiger partial charge in [-0.3, -0.25) is 4.68 Å². The molecule has 0 fully saturated rings. The van der Waals surface area contributed by atoms with E-state index < -0.39 is 0 Å². The number of carbonyl (C=O) groups excluding carboxylic acids is 1. The third-order valence-corrected chi connectivity index (χ3v) is 3.94. The molecule has 116 valence electrons. The second-order valence-corrected chi connectivity index (χ2v) is 5.45. The molecule has 22 heavy (non-hydrogen) atoms. The average Bonchev–Trinajstić information content (AvgIpc) is 3.09. The van der Waals surface area contributed by atoms with Crippen molar-refractivity contribution in [2.24, 2.45) is 7.05 Å². The highest BCUT2D eigenvalue weighted by Crippen LogP contribution is 2.30. The van der Waals surface area contributed by atoms with Gasteiger partial charge in [-0.05, 0) is 24.0 Å². The first kappa shape index (κ1) is 14.4. The van der Waals surface area contributed by atoms with Gasteiger partial charge in [-0.1, -0.05) is 24.3 Å². The van der Waals surface area contributed by atoms with E-state index in [1.54, 1.807) is 11.8 Å². The summed E-state index contributed by atoms with van der Waals surface area (Å²) in [6, 6.07) is 8.17. The second-order valence-electron chi connectivity index (χ2n) is 5.45. The summed E-state index contributed by atoms with van der Waals surface area (Å²) in [5, 5.41) is 10.1. The van der Waals surface area contributed by atoms with E-state index in [1.165, 1.54) is 11.1 Å². The number of ether oxygens (including phenoxy) is 1. The van der Waals surface area contributed by atoms with Gasteiger partial charge in [-0.2, -0.15) is 0 Å². The molecule has 0 bridgehead atoms. The molecule has 0 saturated heterocycles. The van der Waals surface area contributed by atoms with Crippen LogP contribution < -0.4 is 15.4 Å². The van der Waals surface area contributed by atoms with Gasteiger partial charge >= 0.3 is 6.03 Å². The number of carbonyl (C=O) groups is 1. The normalized spacial score (nSPS) is 16.2. The van der Waals surface area contributed by atoms with Gasteiger partial charge in [0.1, 0.15) is 0 Å². The number of fused-ring (bicyclic) bond motifs is 1. The molecule has 1 aliphatic rings. The van der Waals surface area contributed by atoms with Gasteiger partial charge in [0.05, 0.1) is 25.3 Å². The van der Waals surface area contributed by atoms with Gasteiger partial charge in [0, 0.05) is 13.2 Å². The van der Waals surface area contributed by atoms with Crippen molar-refractivity contribution < 1.29 is 9.53 Å². The Morgan fingerprint density at radius 3 is 3.09 bits per heavy atom. The van der Waals surface area contributed by atoms with Gasteiger partial charge in [-0.25, -0.2) is 4.79 Å². The molecular formula is C16H20N4O2. The molecule has 0 aliphatic heterocycles. The van der Waals surface area contributed by atoms with E-state index in [-0.39, 0.29) is 12.1 Å². The van der Waals surface area contributed by atoms with Crippen molar-refractivity contribution in [1.29, 1.82) is 0 Å². The number of aromatic nitrogens is 2. The van der Waals surface area contributed by atoms with Crippen LogP contribution in [0.3, 0.4) is 0 Å². The van der Waals surface area contributed by atoms with Crippen molar-refractivity contribution in [3.8, 4) is 5.88 Å². The first-order chi connectivity index (χ1) is 10.7. The van der Waals surface area contributed by atoms with Gasteiger partial charge < -0.3 is 15.4 Å². The predicted molar refractivity (Wildman–Crippen MR) is 82.6 cm³/mol. The van der Waals surface area contributed by atoms with E-state index in [9.17, 15) is 4.79 Å². The molecule has 0 spiro atoms. The predicted octanol–water partition coefficient (Wildman–Crippen LogP) is 1.92. The molecule has 1 aromatic heterocycles. The quantitative estimate of drug-likeness (QED) is 0.906. The van der Waals surface area contributed by atoms with E-state index in [4.69, 9.17) is 4.74 Å². The standard InChI is InChI=1S/C16H20N4O2/c1-20-10-12(15(19-20)22-2)9-17-16(21)18-14-8-7-11-5-3-4-6-13(11)14/h3-6,10,14H,7-9H2,1-2H3,(H2,17,18,21). The van der Waals surface area contributed by atoms with E-state index >= 15 is 0 Å². The Hall–Kier alpha value is -2.50. The molecule has 6 nitrogen and oxygen atoms in total. The van der Waals surface area contributed by atoms with E-state index in [0.29, 0.717) is 12.4 Å². The summed E-state index contributed by atoms with van der Waals surface area (Å²) >= 11 is 0. The van der Waals surface area contributed by atoms with Gasteiger partial charge in [0.15, 0.2) is 0 Å². The van der Waals surface area contributed by atoms with Crippen LogP contribution in [-0.4, -0.2) is 22.9 Å². The summed E-state index contributed by atoms with van der Waals surface area (Å²) in [7, 11) is 3.39. The summed E-state index contributed by atoms with van der Waals surface area (Å²) in [5.41, 5.74) is 3.39. The van der Waals surface area contributed by atoms with Crippen molar-refractivity contribution >= 4 is 6.03 Å². The molecule has 1 heterocycles. The Balaban J connectivity index is 1.57. The lowest BCUT2D eigenvalue weighted by molar-refractivity contribution is 0.236. The van der Waals surface area contributed by atoms with Gasteiger partial charge in [0.25, 0.3) is 0 Å². The maximum absolute atomic E-state index is 12.1. The third kappa shape index (κ3) is 2.90. The van der Waals surface area contributed by atoms with E-state index in [1.807, 2.05) is 25.4 Å². The SMILES string of the molecule is COc1nn(C)cc1CNC(=O)NC1CCc2ccccc21. The summed E-state index contributed by atoms with van der Waals surface area (Å²) in [6.07, 6.45) is 3.80. The lowest BCUT2D eigenvalue weighted by Crippen LogP contribution is -2.36. The van der Waals surface area contributed by atoms with Crippen molar-refractivity contribution in [2.45, 2.75) is 25.4 Å². The molecule has 1 atom stereocenters. The van der Waals surface area contributed by atoms with Crippen LogP contribution >= 0.6 is 0 Å². The zero-order chi connectivity index (χ0) is 15.5. The Labute approximate surface area is 129 Å². The van der Waals surface area contributed by atoms with E-state index in [2.05, 4.69) is 27.9 Å². The zero-order valence-corrected chi connectivity index (χ0v) is 12.8. The largest absolute Gasteiger partial charge is 0.480 e. The minimum atomic E-state index is -0.174. The molecule has 3 rings (SSSR count). The number of nitrogens with one attached hydrogen (secondary N) is 2. The summed E-state index contributed by atoms with van der Waals surface area (Å²) in [6.45, 7) is 0.386. The third-order valence-electron chi connectivity index (χ3n) is 3.94. The minimum Gasteiger partial charge on any atom is -0.480 e. The number of urea groups is 1. The lowest BCUT2D eigenvalue weighted by Gasteiger charge is -2.14. The maximum Gasteiger partial charge on any atom is 0.315 e. The zero-order valence-electron chi connectivity index (χ0n) is 12.8. The Morgan fingerprint density at radius 2 is 2.27 bits per heavy atom. The Morgan fingerprint density at radius 1 is 1.45 bits per heavy atom. The minimum absolute atomic E-state index is 0.0898. The number of nitrogens with zero attached hydrogens (tertiary/aromatic N) is 2. The molecular weight excluding hydrogens is 280 g/mol. The fourth-order valence-electron chi connectivity index (χ4n) is 2.90. The molecule has 0 saturated carbocycles. The lowest BCUT2D eigenvalue weighted by atomic mass is 10.1. The van der Waals surface area contributed by atoms with Gasteiger partial charge in [-0.15, -0.1) is 5.10 Å². The van der Waals surface area contributed by atoms with Crippen LogP contribution in [0.15, 0.2) is 30.5 Å². The molecule has 1 unspecified atom stereocenters. The van der Waals surface area contributed by atoms with Crippen LogP contribution in [0.25, 0.3) is 0 Å². The van der Waals surface area contributed by atoms with Crippen LogP contribution in [0.2, 0.25) is 0 Å². The smallest absolute Gasteiger partial charge is 0.315 e. The van der Waals surface area contributed by atoms with Crippen LogP contribution in [0.5, 0.6) is 5.88 Å². The van der Waals surface area contributed by atoms with E-state index in [0.717, 1.165) is 18.4 Å². The monoisotopic (exact) mass is 300 g/mol. The second kappa shape index (κ2) is 6.09. The number of amides is 2. The first-order valence-corrected chi connectivity index (χ1v) is 7.36. The number of benzene rings is 1. The molecule has 2 N–H and O–H groups in total. The fourth-order valence-corrected chi connectivity index (χ4v) is 2.90. The molecule has 2 aromatic rings. The van der Waals surface area contributed by atoms with Crippen molar-refractivity contribution in [1.82, 2.24) is 20.4 Å². The summed E-state index contributed by atoms with van der Waals surface area (Å²) in [4.78, 5) is 12.1. The van der Waals surface area contributed by atoms with Crippen LogP contribution in [-0.2, 0) is 20.0 Å². The number of hydrogen-bond donors (Lipinski definition) is 2. The van der Waals surface area contributed by atoms with Crippen LogP contribution in [0.4, 0.5) is 4.79 Å². The van der Waals surface area contributed by atoms with Crippen molar-refractivity contribution in [3.05, 3.63) is 47.2 Å². The fraction of sp³-hybridized carbons (Fsp3) is 0.375. The highest BCUT2D eigenvalue weighted by atomic mass is 16.5. The van der Waals surface area contributed by atoms with Crippen molar-refractivity contribution in [2.75, 3.05) is 7.11 Å². The average molecular weight is 300 g/mol. The molecule has 2 amide bonds. The number of rotatable bonds is 4. The number of methoxy groups -OCH3 is 1. The maximum atomic E-state index is 12.1. The van der Waals surface area contributed by atoms with Crippen LogP contribution in [0, 0.1) is 0 Å². The van der Waals surface area contributed by atoms with Crippen molar-refractivity contribution in [3.63, 3.8) is 0 Å². The molecule has 1 aromatic carbocycles. The topological polar surface area (TPSA) is 68.2 Å². The highest BCUT2D eigenvalue weighted by Gasteiger charge is 2.23.